The summed E-state index contributed by atoms with van der Waals surface area (Å²) in [6.07, 6.45) is 3.73. The Morgan fingerprint density at radius 2 is 1.89 bits per heavy atom. The van der Waals surface area contributed by atoms with Gasteiger partial charge in [-0.05, 0) is 18.6 Å². The van der Waals surface area contributed by atoms with Crippen LogP contribution in [0.5, 0.6) is 0 Å². The number of rotatable bonds is 4. The van der Waals surface area contributed by atoms with E-state index < -0.39 is 0 Å². The Morgan fingerprint density at radius 1 is 1.07 bits per heavy atom. The first-order chi connectivity index (χ1) is 13.1. The number of pyridine rings is 1. The second kappa shape index (κ2) is 6.63. The average molecular weight is 364 g/mol. The first-order valence-electron chi connectivity index (χ1n) is 8.50. The molecule has 10 nitrogen and oxygen atoms in total. The number of nitrogens with one attached hydrogen (secondary N) is 1. The Morgan fingerprint density at radius 3 is 2.70 bits per heavy atom. The highest BCUT2D eigenvalue weighted by molar-refractivity contribution is 5.76. The van der Waals surface area contributed by atoms with Gasteiger partial charge in [-0.2, -0.15) is 10.2 Å². The van der Waals surface area contributed by atoms with E-state index >= 15 is 0 Å². The van der Waals surface area contributed by atoms with E-state index in [9.17, 15) is 9.59 Å². The quantitative estimate of drug-likeness (QED) is 0.556. The Hall–Kier alpha value is -3.56. The minimum absolute atomic E-state index is 0.202. The second-order valence-electron chi connectivity index (χ2n) is 6.29. The van der Waals surface area contributed by atoms with Crippen LogP contribution in [0.15, 0.2) is 34.1 Å². The van der Waals surface area contributed by atoms with Gasteiger partial charge in [0.05, 0.1) is 35.4 Å². The number of aryl methyl sites for hydroxylation is 1. The molecule has 1 unspecified atom stereocenters. The molecule has 4 aromatic rings. The van der Waals surface area contributed by atoms with E-state index in [1.165, 1.54) is 10.9 Å². The number of hydrogen-bond acceptors (Lipinski definition) is 8. The molecule has 0 aliphatic carbocycles. The molecule has 0 bridgehead atoms. The SMILES string of the molecule is CCc1cc2c(=O)n(CC(C)c3cc4c(=O)[nH]ncc4nn3)nnc2cn1. The zero-order valence-corrected chi connectivity index (χ0v) is 14.7. The fourth-order valence-corrected chi connectivity index (χ4v) is 2.84. The molecule has 1 atom stereocenters. The molecule has 0 fully saturated rings. The van der Waals surface area contributed by atoms with Crippen LogP contribution < -0.4 is 11.1 Å². The highest BCUT2D eigenvalue weighted by Crippen LogP contribution is 2.16. The lowest BCUT2D eigenvalue weighted by atomic mass is 10.1. The third-order valence-corrected chi connectivity index (χ3v) is 4.42. The molecule has 0 spiro atoms. The lowest BCUT2D eigenvalue weighted by Crippen LogP contribution is -2.27. The van der Waals surface area contributed by atoms with Gasteiger partial charge in [0, 0.05) is 11.6 Å². The van der Waals surface area contributed by atoms with Crippen LogP contribution in [-0.4, -0.2) is 40.4 Å². The van der Waals surface area contributed by atoms with Gasteiger partial charge >= 0.3 is 0 Å². The lowest BCUT2D eigenvalue weighted by molar-refractivity contribution is 0.489. The number of fused-ring (bicyclic) bond motifs is 2. The molecular weight excluding hydrogens is 348 g/mol. The van der Waals surface area contributed by atoms with Gasteiger partial charge in [-0.3, -0.25) is 14.6 Å². The molecule has 0 saturated heterocycles. The van der Waals surface area contributed by atoms with Gasteiger partial charge in [0.1, 0.15) is 11.0 Å². The van der Waals surface area contributed by atoms with E-state index in [1.54, 1.807) is 18.3 Å². The molecule has 0 aliphatic heterocycles. The van der Waals surface area contributed by atoms with Crippen molar-refractivity contribution < 1.29 is 0 Å². The van der Waals surface area contributed by atoms with Crippen LogP contribution >= 0.6 is 0 Å². The van der Waals surface area contributed by atoms with E-state index in [-0.39, 0.29) is 23.6 Å². The molecule has 10 heteroatoms. The minimum atomic E-state index is -0.335. The highest BCUT2D eigenvalue weighted by Gasteiger charge is 2.15. The largest absolute Gasteiger partial charge is 0.277 e. The first-order valence-corrected chi connectivity index (χ1v) is 8.50. The van der Waals surface area contributed by atoms with Crippen molar-refractivity contribution in [2.75, 3.05) is 0 Å². The molecule has 136 valence electrons. The van der Waals surface area contributed by atoms with Gasteiger partial charge in [0.2, 0.25) is 0 Å². The topological polar surface area (TPSA) is 132 Å². The van der Waals surface area contributed by atoms with Crippen molar-refractivity contribution in [1.29, 1.82) is 0 Å². The molecule has 4 aromatic heterocycles. The van der Waals surface area contributed by atoms with Crippen LogP contribution in [0.3, 0.4) is 0 Å². The van der Waals surface area contributed by atoms with Crippen molar-refractivity contribution >= 4 is 21.8 Å². The first kappa shape index (κ1) is 16.9. The summed E-state index contributed by atoms with van der Waals surface area (Å²) in [4.78, 5) is 28.9. The number of aromatic nitrogens is 8. The smallest absolute Gasteiger partial charge is 0.267 e. The lowest BCUT2D eigenvalue weighted by Gasteiger charge is -2.12. The number of aromatic amines is 1. The van der Waals surface area contributed by atoms with Gasteiger partial charge in [0.25, 0.3) is 11.1 Å². The van der Waals surface area contributed by atoms with Crippen molar-refractivity contribution in [1.82, 2.24) is 40.4 Å². The average Bonchev–Trinajstić information content (AvgIpc) is 2.70. The molecule has 1 N–H and O–H groups in total. The Balaban J connectivity index is 1.71. The van der Waals surface area contributed by atoms with Crippen LogP contribution in [0.2, 0.25) is 0 Å². The highest BCUT2D eigenvalue weighted by atomic mass is 16.1. The summed E-state index contributed by atoms with van der Waals surface area (Å²) in [6.45, 7) is 4.11. The molecule has 0 saturated carbocycles. The van der Waals surface area contributed by atoms with Crippen molar-refractivity contribution in [3.05, 3.63) is 56.6 Å². The normalized spacial score (nSPS) is 12.5. The maximum atomic E-state index is 12.8. The predicted octanol–water partition coefficient (Wildman–Crippen LogP) is 0.579. The van der Waals surface area contributed by atoms with E-state index in [0.717, 1.165) is 12.1 Å². The van der Waals surface area contributed by atoms with Crippen LogP contribution in [0, 0.1) is 0 Å². The third kappa shape index (κ3) is 3.05. The fraction of sp³-hybridized carbons (Fsp3) is 0.294. The van der Waals surface area contributed by atoms with E-state index in [1.807, 2.05) is 13.8 Å². The van der Waals surface area contributed by atoms with Crippen LogP contribution in [0.1, 0.15) is 31.2 Å². The minimum Gasteiger partial charge on any atom is -0.267 e. The molecule has 0 aliphatic rings. The summed E-state index contributed by atoms with van der Waals surface area (Å²) in [6, 6.07) is 3.40. The monoisotopic (exact) mass is 364 g/mol. The fourth-order valence-electron chi connectivity index (χ4n) is 2.84. The summed E-state index contributed by atoms with van der Waals surface area (Å²) in [5.74, 6) is -0.202. The Bertz CT molecular complexity index is 1260. The van der Waals surface area contributed by atoms with Crippen LogP contribution in [0.25, 0.3) is 21.8 Å². The van der Waals surface area contributed by atoms with E-state index in [0.29, 0.717) is 27.5 Å². The standard InChI is InChI=1S/C17H16N8O2/c1-3-10-4-12-14(6-18-10)22-24-25(17(12)27)8-9(2)13-5-11-15(21-20-13)7-19-23-16(11)26/h4-7,9H,3,8H2,1-2H3,(H,23,26). The molecule has 27 heavy (non-hydrogen) atoms. The molecule has 0 radical (unpaired) electrons. The second-order valence-corrected chi connectivity index (χ2v) is 6.29. The van der Waals surface area contributed by atoms with Crippen molar-refractivity contribution in [2.24, 2.45) is 0 Å². The van der Waals surface area contributed by atoms with Crippen molar-refractivity contribution in [3.8, 4) is 0 Å². The number of nitrogens with zero attached hydrogens (tertiary/aromatic N) is 7. The molecule has 0 aromatic carbocycles. The van der Waals surface area contributed by atoms with Gasteiger partial charge in [-0.15, -0.1) is 10.2 Å². The summed E-state index contributed by atoms with van der Waals surface area (Å²) in [7, 11) is 0. The zero-order valence-electron chi connectivity index (χ0n) is 14.7. The van der Waals surface area contributed by atoms with E-state index in [2.05, 4.69) is 35.7 Å². The maximum absolute atomic E-state index is 12.8. The van der Waals surface area contributed by atoms with Gasteiger partial charge in [-0.25, -0.2) is 9.78 Å². The van der Waals surface area contributed by atoms with E-state index in [4.69, 9.17) is 0 Å². The molecule has 4 heterocycles. The van der Waals surface area contributed by atoms with Gasteiger partial charge in [-0.1, -0.05) is 19.1 Å². The Labute approximate surface area is 152 Å². The summed E-state index contributed by atoms with van der Waals surface area (Å²) in [5, 5.41) is 23.2. The van der Waals surface area contributed by atoms with Gasteiger partial charge in [0.15, 0.2) is 0 Å². The van der Waals surface area contributed by atoms with Gasteiger partial charge < -0.3 is 0 Å². The summed E-state index contributed by atoms with van der Waals surface area (Å²) >= 11 is 0. The zero-order chi connectivity index (χ0) is 19.0. The molecule has 0 amide bonds. The third-order valence-electron chi connectivity index (χ3n) is 4.42. The number of hydrogen-bond donors (Lipinski definition) is 1. The van der Waals surface area contributed by atoms with Crippen molar-refractivity contribution in [3.63, 3.8) is 0 Å². The van der Waals surface area contributed by atoms with Crippen LogP contribution in [-0.2, 0) is 13.0 Å². The van der Waals surface area contributed by atoms with Crippen LogP contribution in [0.4, 0.5) is 0 Å². The summed E-state index contributed by atoms with van der Waals surface area (Å²) in [5.41, 5.74) is 1.71. The molecule has 4 rings (SSSR count). The maximum Gasteiger partial charge on any atom is 0.277 e. The summed E-state index contributed by atoms with van der Waals surface area (Å²) < 4.78 is 1.30. The predicted molar refractivity (Wildman–Crippen MR) is 97.3 cm³/mol. The Kier molecular flexibility index (Phi) is 4.15. The van der Waals surface area contributed by atoms with Crippen molar-refractivity contribution in [2.45, 2.75) is 32.7 Å². The number of H-pyrrole nitrogens is 1. The molecular formula is C17H16N8O2.